The maximum atomic E-state index is 13.2. The number of carbonyl (C=O) groups excluding carboxylic acids is 1. The molecule has 1 amide bonds. The standard InChI is InChI=1S/C21H35ClN4O3S2/c1-16(2)24-9-5-10-26(31(4,28)29)20-14-18(22)7-6-17(20)15-25(12-11-24)21(27)19(23)8-13-30-3/h6-7,14,16,19H,5,8-13,15,23H2,1-4H3/t19-/m0/s1. The lowest BCUT2D eigenvalue weighted by Crippen LogP contribution is -2.47. The predicted molar refractivity (Wildman–Crippen MR) is 131 cm³/mol. The summed E-state index contributed by atoms with van der Waals surface area (Å²) in [7, 11) is -3.51. The fraction of sp³-hybridized carbons (Fsp3) is 0.667. The van der Waals surface area contributed by atoms with Crippen LogP contribution in [-0.4, -0.2) is 80.7 Å². The van der Waals surface area contributed by atoms with Crippen LogP contribution in [0, 0.1) is 0 Å². The van der Waals surface area contributed by atoms with Gasteiger partial charge in [0.15, 0.2) is 0 Å². The maximum absolute atomic E-state index is 13.2. The van der Waals surface area contributed by atoms with Crippen molar-refractivity contribution in [2.75, 3.05) is 48.7 Å². The van der Waals surface area contributed by atoms with Crippen LogP contribution < -0.4 is 10.0 Å². The van der Waals surface area contributed by atoms with Gasteiger partial charge in [0.05, 0.1) is 18.0 Å². The van der Waals surface area contributed by atoms with Gasteiger partial charge in [-0.05, 0) is 56.4 Å². The highest BCUT2D eigenvalue weighted by Crippen LogP contribution is 2.29. The Labute approximate surface area is 196 Å². The van der Waals surface area contributed by atoms with Crippen LogP contribution in [0.1, 0.15) is 32.3 Å². The molecule has 0 aliphatic carbocycles. The molecular formula is C21H35ClN4O3S2. The van der Waals surface area contributed by atoms with Gasteiger partial charge in [0.25, 0.3) is 0 Å². The Kier molecular flexibility index (Phi) is 9.95. The van der Waals surface area contributed by atoms with Crippen molar-refractivity contribution in [2.24, 2.45) is 5.73 Å². The first-order chi connectivity index (χ1) is 14.5. The number of nitrogens with two attached hydrogens (primary N) is 1. The van der Waals surface area contributed by atoms with Gasteiger partial charge in [0.1, 0.15) is 0 Å². The van der Waals surface area contributed by atoms with Crippen molar-refractivity contribution < 1.29 is 13.2 Å². The highest BCUT2D eigenvalue weighted by molar-refractivity contribution is 7.98. The number of hydrogen-bond acceptors (Lipinski definition) is 6. The van der Waals surface area contributed by atoms with Crippen LogP contribution in [0.5, 0.6) is 0 Å². The van der Waals surface area contributed by atoms with Crippen LogP contribution in [0.25, 0.3) is 0 Å². The minimum Gasteiger partial charge on any atom is -0.336 e. The van der Waals surface area contributed by atoms with Gasteiger partial charge in [-0.3, -0.25) is 14.0 Å². The van der Waals surface area contributed by atoms with E-state index >= 15 is 0 Å². The molecule has 1 aromatic carbocycles. The molecule has 0 fully saturated rings. The van der Waals surface area contributed by atoms with Crippen LogP contribution in [0.3, 0.4) is 0 Å². The number of carbonyl (C=O) groups is 1. The van der Waals surface area contributed by atoms with Gasteiger partial charge < -0.3 is 10.6 Å². The topological polar surface area (TPSA) is 87.0 Å². The molecule has 0 saturated carbocycles. The fourth-order valence-electron chi connectivity index (χ4n) is 3.74. The molecule has 10 heteroatoms. The molecule has 1 aromatic rings. The third kappa shape index (κ3) is 7.53. The molecule has 7 nitrogen and oxygen atoms in total. The summed E-state index contributed by atoms with van der Waals surface area (Å²) < 4.78 is 26.7. The Bertz CT molecular complexity index is 851. The van der Waals surface area contributed by atoms with E-state index in [0.29, 0.717) is 43.2 Å². The Morgan fingerprint density at radius 3 is 2.55 bits per heavy atom. The van der Waals surface area contributed by atoms with Crippen molar-refractivity contribution in [1.82, 2.24) is 9.80 Å². The first-order valence-corrected chi connectivity index (χ1v) is 14.2. The van der Waals surface area contributed by atoms with Crippen molar-refractivity contribution in [3.8, 4) is 0 Å². The van der Waals surface area contributed by atoms with Gasteiger partial charge in [0, 0.05) is 43.8 Å². The quantitative estimate of drug-likeness (QED) is 0.659. The minimum atomic E-state index is -3.51. The summed E-state index contributed by atoms with van der Waals surface area (Å²) in [5.74, 6) is 0.705. The molecule has 2 rings (SSSR count). The Balaban J connectivity index is 2.47. The monoisotopic (exact) mass is 490 g/mol. The molecule has 176 valence electrons. The number of halogens is 1. The van der Waals surface area contributed by atoms with E-state index in [-0.39, 0.29) is 18.5 Å². The number of rotatable bonds is 6. The summed E-state index contributed by atoms with van der Waals surface area (Å²) in [4.78, 5) is 17.2. The van der Waals surface area contributed by atoms with Gasteiger partial charge in [-0.2, -0.15) is 11.8 Å². The summed E-state index contributed by atoms with van der Waals surface area (Å²) in [5.41, 5.74) is 7.49. The van der Waals surface area contributed by atoms with E-state index in [1.165, 1.54) is 10.6 Å². The normalized spacial score (nSPS) is 17.9. The maximum Gasteiger partial charge on any atom is 0.239 e. The molecule has 1 atom stereocenters. The first kappa shape index (κ1) is 26.3. The van der Waals surface area contributed by atoms with Crippen molar-refractivity contribution in [1.29, 1.82) is 0 Å². The second-order valence-electron chi connectivity index (χ2n) is 8.24. The van der Waals surface area contributed by atoms with Crippen LogP contribution in [0.2, 0.25) is 5.02 Å². The molecule has 31 heavy (non-hydrogen) atoms. The van der Waals surface area contributed by atoms with Crippen LogP contribution in [0.15, 0.2) is 18.2 Å². The summed E-state index contributed by atoms with van der Waals surface area (Å²) in [6.45, 7) is 6.84. The van der Waals surface area contributed by atoms with Crippen LogP contribution in [0.4, 0.5) is 5.69 Å². The molecule has 1 aliphatic heterocycles. The minimum absolute atomic E-state index is 0.108. The molecule has 0 saturated heterocycles. The van der Waals surface area contributed by atoms with Gasteiger partial charge in [-0.15, -0.1) is 0 Å². The van der Waals surface area contributed by atoms with E-state index in [1.807, 2.05) is 12.3 Å². The molecule has 0 radical (unpaired) electrons. The first-order valence-electron chi connectivity index (χ1n) is 10.6. The summed E-state index contributed by atoms with van der Waals surface area (Å²) in [6.07, 6.45) is 4.48. The molecule has 0 aromatic heterocycles. The average molecular weight is 491 g/mol. The SMILES string of the molecule is CSCC[C@H](N)C(=O)N1CCN(C(C)C)CCCN(S(C)(=O)=O)c2cc(Cl)ccc2C1. The number of fused-ring (bicyclic) bond motifs is 1. The van der Waals surface area contributed by atoms with E-state index in [9.17, 15) is 13.2 Å². The zero-order valence-electron chi connectivity index (χ0n) is 18.9. The molecular weight excluding hydrogens is 456 g/mol. The van der Waals surface area contributed by atoms with Gasteiger partial charge >= 0.3 is 0 Å². The van der Waals surface area contributed by atoms with E-state index in [1.54, 1.807) is 28.8 Å². The second-order valence-corrected chi connectivity index (χ2v) is 11.6. The second kappa shape index (κ2) is 11.7. The van der Waals surface area contributed by atoms with E-state index < -0.39 is 16.1 Å². The highest BCUT2D eigenvalue weighted by Gasteiger charge is 2.27. The molecule has 0 unspecified atom stereocenters. The van der Waals surface area contributed by atoms with E-state index in [0.717, 1.165) is 17.9 Å². The van der Waals surface area contributed by atoms with Crippen LogP contribution >= 0.6 is 23.4 Å². The molecule has 0 bridgehead atoms. The lowest BCUT2D eigenvalue weighted by Gasteiger charge is -2.31. The summed E-state index contributed by atoms with van der Waals surface area (Å²) in [5, 5.41) is 0.459. The number of benzene rings is 1. The lowest BCUT2D eigenvalue weighted by atomic mass is 10.1. The third-order valence-electron chi connectivity index (χ3n) is 5.53. The number of thioether (sulfide) groups is 1. The summed E-state index contributed by atoms with van der Waals surface area (Å²) >= 11 is 7.89. The number of nitrogens with zero attached hydrogens (tertiary/aromatic N) is 3. The number of anilines is 1. The van der Waals surface area contributed by atoms with Gasteiger partial charge in [-0.1, -0.05) is 17.7 Å². The van der Waals surface area contributed by atoms with Crippen LogP contribution in [-0.2, 0) is 21.4 Å². The molecule has 2 N–H and O–H groups in total. The molecule has 0 spiro atoms. The third-order valence-corrected chi connectivity index (χ3v) is 7.59. The predicted octanol–water partition coefficient (Wildman–Crippen LogP) is 2.63. The number of amides is 1. The van der Waals surface area contributed by atoms with Crippen molar-refractivity contribution in [2.45, 2.75) is 45.3 Å². The highest BCUT2D eigenvalue weighted by atomic mass is 35.5. The van der Waals surface area contributed by atoms with Crippen molar-refractivity contribution in [3.63, 3.8) is 0 Å². The molecule has 1 aliphatic rings. The Hall–Kier alpha value is -1.00. The van der Waals surface area contributed by atoms with E-state index in [4.69, 9.17) is 17.3 Å². The fourth-order valence-corrected chi connectivity index (χ4v) is 5.38. The van der Waals surface area contributed by atoms with Gasteiger partial charge in [0.2, 0.25) is 15.9 Å². The zero-order valence-corrected chi connectivity index (χ0v) is 21.3. The van der Waals surface area contributed by atoms with Crippen molar-refractivity contribution in [3.05, 3.63) is 28.8 Å². The van der Waals surface area contributed by atoms with Crippen molar-refractivity contribution >= 4 is 45.0 Å². The Morgan fingerprint density at radius 1 is 1.23 bits per heavy atom. The smallest absolute Gasteiger partial charge is 0.239 e. The van der Waals surface area contributed by atoms with Gasteiger partial charge in [-0.25, -0.2) is 8.42 Å². The largest absolute Gasteiger partial charge is 0.336 e. The zero-order chi connectivity index (χ0) is 23.2. The Morgan fingerprint density at radius 2 is 1.94 bits per heavy atom. The number of hydrogen-bond donors (Lipinski definition) is 1. The number of sulfonamides is 1. The summed E-state index contributed by atoms with van der Waals surface area (Å²) in [6, 6.07) is 4.92. The lowest BCUT2D eigenvalue weighted by molar-refractivity contribution is -0.133. The molecule has 1 heterocycles. The average Bonchev–Trinajstić information content (AvgIpc) is 2.73. The van der Waals surface area contributed by atoms with E-state index in [2.05, 4.69) is 18.7 Å².